The highest BCUT2D eigenvalue weighted by Gasteiger charge is 2.21. The van der Waals surface area contributed by atoms with E-state index >= 15 is 0 Å². The van der Waals surface area contributed by atoms with Gasteiger partial charge in [-0.05, 0) is 35.9 Å². The van der Waals surface area contributed by atoms with Crippen LogP contribution in [0.25, 0.3) is 0 Å². The van der Waals surface area contributed by atoms with E-state index in [9.17, 15) is 4.79 Å². The minimum Gasteiger partial charge on any atom is -0.454 e. The summed E-state index contributed by atoms with van der Waals surface area (Å²) in [6.07, 6.45) is 1.72. The Bertz CT molecular complexity index is 842. The lowest BCUT2D eigenvalue weighted by Crippen LogP contribution is -2.29. The number of carbonyl (C=O) groups excluding carboxylic acids is 1. The summed E-state index contributed by atoms with van der Waals surface area (Å²) in [5, 5.41) is 3.06. The van der Waals surface area contributed by atoms with E-state index in [0.717, 1.165) is 11.3 Å². The highest BCUT2D eigenvalue weighted by molar-refractivity contribution is 5.95. The van der Waals surface area contributed by atoms with Gasteiger partial charge in [-0.15, -0.1) is 0 Å². The Kier molecular flexibility index (Phi) is 4.04. The minimum atomic E-state index is -0.333. The van der Waals surface area contributed by atoms with Crippen LogP contribution in [0.3, 0.4) is 0 Å². The van der Waals surface area contributed by atoms with Gasteiger partial charge >= 0.3 is 0 Å². The van der Waals surface area contributed by atoms with Gasteiger partial charge in [0.2, 0.25) is 6.79 Å². The number of nitrogens with zero attached hydrogens (tertiary/aromatic N) is 1. The number of aromatic nitrogens is 1. The molecule has 124 valence electrons. The van der Waals surface area contributed by atoms with E-state index in [1.807, 2.05) is 48.5 Å². The Morgan fingerprint density at radius 3 is 2.56 bits per heavy atom. The third kappa shape index (κ3) is 3.17. The Balaban J connectivity index is 1.63. The zero-order valence-electron chi connectivity index (χ0n) is 13.4. The summed E-state index contributed by atoms with van der Waals surface area (Å²) in [4.78, 5) is 17.2. The number of hydrogen-bond donors (Lipinski definition) is 1. The molecule has 1 aliphatic rings. The molecule has 1 amide bonds. The van der Waals surface area contributed by atoms with Crippen molar-refractivity contribution in [3.05, 3.63) is 89.7 Å². The molecule has 0 aliphatic carbocycles. The predicted octanol–water partition coefficient (Wildman–Crippen LogP) is 3.33. The summed E-state index contributed by atoms with van der Waals surface area (Å²) in [7, 11) is 0. The number of ether oxygens (including phenoxy) is 2. The van der Waals surface area contributed by atoms with E-state index in [-0.39, 0.29) is 18.7 Å². The minimum absolute atomic E-state index is 0.182. The second-order valence-corrected chi connectivity index (χ2v) is 5.64. The third-order valence-electron chi connectivity index (χ3n) is 4.03. The van der Waals surface area contributed by atoms with E-state index in [2.05, 4.69) is 10.3 Å². The van der Waals surface area contributed by atoms with Crippen molar-refractivity contribution in [1.29, 1.82) is 0 Å². The quantitative estimate of drug-likeness (QED) is 0.796. The van der Waals surface area contributed by atoms with E-state index < -0.39 is 0 Å². The maximum atomic E-state index is 12.8. The van der Waals surface area contributed by atoms with Crippen LogP contribution in [0.5, 0.6) is 11.5 Å². The topological polar surface area (TPSA) is 60.5 Å². The molecule has 4 rings (SSSR count). The Morgan fingerprint density at radius 2 is 1.76 bits per heavy atom. The van der Waals surface area contributed by atoms with E-state index in [4.69, 9.17) is 9.47 Å². The van der Waals surface area contributed by atoms with Crippen LogP contribution < -0.4 is 14.8 Å². The van der Waals surface area contributed by atoms with Crippen LogP contribution >= 0.6 is 0 Å². The van der Waals surface area contributed by atoms with Crippen LogP contribution in [0.1, 0.15) is 27.7 Å². The van der Waals surface area contributed by atoms with Crippen LogP contribution in [0.2, 0.25) is 0 Å². The van der Waals surface area contributed by atoms with E-state index in [1.54, 1.807) is 24.4 Å². The fourth-order valence-electron chi connectivity index (χ4n) is 2.77. The normalized spacial score (nSPS) is 13.3. The number of carbonyl (C=O) groups is 1. The smallest absolute Gasteiger partial charge is 0.252 e. The molecule has 25 heavy (non-hydrogen) atoms. The number of benzene rings is 2. The van der Waals surface area contributed by atoms with Crippen molar-refractivity contribution in [3.8, 4) is 11.5 Å². The van der Waals surface area contributed by atoms with Gasteiger partial charge in [-0.2, -0.15) is 0 Å². The molecule has 1 atom stereocenters. The van der Waals surface area contributed by atoms with Gasteiger partial charge in [0.1, 0.15) is 0 Å². The molecule has 0 bridgehead atoms. The van der Waals surface area contributed by atoms with Crippen molar-refractivity contribution in [2.24, 2.45) is 0 Å². The molecular formula is C20H16N2O3. The first-order valence-corrected chi connectivity index (χ1v) is 7.97. The van der Waals surface area contributed by atoms with E-state index in [1.165, 1.54) is 0 Å². The van der Waals surface area contributed by atoms with Gasteiger partial charge in [0.25, 0.3) is 5.91 Å². The molecule has 1 N–H and O–H groups in total. The Morgan fingerprint density at radius 1 is 0.960 bits per heavy atom. The SMILES string of the molecule is O=C(NC(c1ccccc1)c1ccccn1)c1ccc2c(c1)OCO2. The van der Waals surface area contributed by atoms with Crippen LogP contribution in [-0.4, -0.2) is 17.7 Å². The molecule has 5 heteroatoms. The van der Waals surface area contributed by atoms with Crippen molar-refractivity contribution < 1.29 is 14.3 Å². The number of amides is 1. The first-order chi connectivity index (χ1) is 12.3. The molecule has 0 spiro atoms. The molecule has 5 nitrogen and oxygen atoms in total. The maximum absolute atomic E-state index is 12.8. The fraction of sp³-hybridized carbons (Fsp3) is 0.100. The second kappa shape index (κ2) is 6.65. The lowest BCUT2D eigenvalue weighted by molar-refractivity contribution is 0.0942. The third-order valence-corrected chi connectivity index (χ3v) is 4.03. The van der Waals surface area contributed by atoms with Gasteiger partial charge in [-0.1, -0.05) is 36.4 Å². The fourth-order valence-corrected chi connectivity index (χ4v) is 2.77. The average Bonchev–Trinajstić information content (AvgIpc) is 3.15. The van der Waals surface area contributed by atoms with Gasteiger partial charge in [0, 0.05) is 11.8 Å². The standard InChI is InChI=1S/C20H16N2O3/c23-20(15-9-10-17-18(12-15)25-13-24-17)22-19(14-6-2-1-3-7-14)16-8-4-5-11-21-16/h1-12,19H,13H2,(H,22,23). The Labute approximate surface area is 145 Å². The summed E-state index contributed by atoms with van der Waals surface area (Å²) in [6, 6.07) is 20.3. The van der Waals surface area contributed by atoms with Crippen LogP contribution in [0, 0.1) is 0 Å². The second-order valence-electron chi connectivity index (χ2n) is 5.64. The molecule has 0 saturated carbocycles. The van der Waals surface area contributed by atoms with Crippen molar-refractivity contribution >= 4 is 5.91 Å². The maximum Gasteiger partial charge on any atom is 0.252 e. The molecule has 1 aliphatic heterocycles. The summed E-state index contributed by atoms with van der Waals surface area (Å²) >= 11 is 0. The van der Waals surface area contributed by atoms with E-state index in [0.29, 0.717) is 17.1 Å². The molecule has 1 unspecified atom stereocenters. The van der Waals surface area contributed by atoms with Gasteiger partial charge in [-0.25, -0.2) is 0 Å². The van der Waals surface area contributed by atoms with Gasteiger partial charge < -0.3 is 14.8 Å². The predicted molar refractivity (Wildman–Crippen MR) is 92.6 cm³/mol. The molecule has 2 heterocycles. The summed E-state index contributed by atoms with van der Waals surface area (Å²) < 4.78 is 10.6. The van der Waals surface area contributed by atoms with Gasteiger partial charge in [0.05, 0.1) is 11.7 Å². The van der Waals surface area contributed by atoms with Crippen LogP contribution in [0.4, 0.5) is 0 Å². The van der Waals surface area contributed by atoms with Crippen molar-refractivity contribution in [3.63, 3.8) is 0 Å². The largest absolute Gasteiger partial charge is 0.454 e. The number of fused-ring (bicyclic) bond motifs is 1. The molecular weight excluding hydrogens is 316 g/mol. The molecule has 0 fully saturated rings. The molecule has 2 aromatic carbocycles. The zero-order chi connectivity index (χ0) is 17.1. The van der Waals surface area contributed by atoms with Gasteiger partial charge in [0.15, 0.2) is 11.5 Å². The van der Waals surface area contributed by atoms with Crippen molar-refractivity contribution in [1.82, 2.24) is 10.3 Å². The first kappa shape index (κ1) is 15.2. The number of hydrogen-bond acceptors (Lipinski definition) is 4. The van der Waals surface area contributed by atoms with Crippen molar-refractivity contribution in [2.45, 2.75) is 6.04 Å². The first-order valence-electron chi connectivity index (χ1n) is 7.97. The summed E-state index contributed by atoms with van der Waals surface area (Å²) in [5.74, 6) is 1.04. The van der Waals surface area contributed by atoms with Crippen molar-refractivity contribution in [2.75, 3.05) is 6.79 Å². The van der Waals surface area contributed by atoms with Crippen LogP contribution in [0.15, 0.2) is 72.9 Å². The molecule has 3 aromatic rings. The monoisotopic (exact) mass is 332 g/mol. The lowest BCUT2D eigenvalue weighted by Gasteiger charge is -2.19. The van der Waals surface area contributed by atoms with Crippen LogP contribution in [-0.2, 0) is 0 Å². The highest BCUT2D eigenvalue weighted by Crippen LogP contribution is 2.32. The highest BCUT2D eigenvalue weighted by atomic mass is 16.7. The number of rotatable bonds is 4. The lowest BCUT2D eigenvalue weighted by atomic mass is 10.0. The summed E-state index contributed by atoms with van der Waals surface area (Å²) in [6.45, 7) is 0.182. The number of nitrogens with one attached hydrogen (secondary N) is 1. The van der Waals surface area contributed by atoms with Gasteiger partial charge in [-0.3, -0.25) is 9.78 Å². The zero-order valence-corrected chi connectivity index (χ0v) is 13.4. The molecule has 0 radical (unpaired) electrons. The Hall–Kier alpha value is -3.34. The molecule has 1 aromatic heterocycles. The number of pyridine rings is 1. The summed E-state index contributed by atoms with van der Waals surface area (Å²) in [5.41, 5.74) is 2.26. The average molecular weight is 332 g/mol. The molecule has 0 saturated heterocycles.